The van der Waals surface area contributed by atoms with Crippen molar-refractivity contribution in [2.75, 3.05) is 11.8 Å². The van der Waals surface area contributed by atoms with Crippen molar-refractivity contribution in [3.05, 3.63) is 48.2 Å². The van der Waals surface area contributed by atoms with Crippen LogP contribution in [-0.2, 0) is 21.9 Å². The summed E-state index contributed by atoms with van der Waals surface area (Å²) in [5.74, 6) is -1.18. The summed E-state index contributed by atoms with van der Waals surface area (Å²) in [5.41, 5.74) is 0.388. The highest BCUT2D eigenvalue weighted by molar-refractivity contribution is 7.92. The van der Waals surface area contributed by atoms with Crippen molar-refractivity contribution in [2.24, 2.45) is 7.05 Å². The number of hydrogen-bond acceptors (Lipinski definition) is 4. The lowest BCUT2D eigenvalue weighted by Gasteiger charge is -2.12. The van der Waals surface area contributed by atoms with Gasteiger partial charge in [0, 0.05) is 31.9 Å². The van der Waals surface area contributed by atoms with E-state index in [4.69, 9.17) is 0 Å². The number of halogens is 1. The molecule has 0 aliphatic rings. The molecule has 0 aliphatic heterocycles. The molecule has 3 aromatic rings. The van der Waals surface area contributed by atoms with Crippen molar-refractivity contribution in [1.82, 2.24) is 19.9 Å². The van der Waals surface area contributed by atoms with E-state index in [0.717, 1.165) is 6.08 Å². The maximum Gasteiger partial charge on any atom is 0.277 e. The van der Waals surface area contributed by atoms with E-state index in [2.05, 4.69) is 20.0 Å². The van der Waals surface area contributed by atoms with E-state index in [1.54, 1.807) is 11.6 Å². The number of nitrogens with zero attached hydrogens (tertiary/aromatic N) is 2. The molecule has 2 aromatic heterocycles. The Labute approximate surface area is 148 Å². The van der Waals surface area contributed by atoms with Gasteiger partial charge in [0.05, 0.1) is 17.5 Å². The van der Waals surface area contributed by atoms with E-state index in [-0.39, 0.29) is 21.8 Å². The summed E-state index contributed by atoms with van der Waals surface area (Å²) in [6.07, 6.45) is 5.20. The molecule has 0 saturated carbocycles. The normalized spacial score (nSPS) is 12.0. The third-order valence-electron chi connectivity index (χ3n) is 3.75. The van der Waals surface area contributed by atoms with Gasteiger partial charge < -0.3 is 14.9 Å². The van der Waals surface area contributed by atoms with E-state index in [1.807, 2.05) is 0 Å². The van der Waals surface area contributed by atoms with E-state index in [9.17, 15) is 17.6 Å². The Morgan fingerprint density at radius 3 is 2.85 bits per heavy atom. The fourth-order valence-corrected chi connectivity index (χ4v) is 3.46. The number of aryl methyl sites for hydroxylation is 1. The molecule has 10 heteroatoms. The number of aromatic nitrogens is 3. The second-order valence-electron chi connectivity index (χ2n) is 5.46. The van der Waals surface area contributed by atoms with Crippen LogP contribution in [0.3, 0.4) is 0 Å². The van der Waals surface area contributed by atoms with Gasteiger partial charge in [-0.1, -0.05) is 0 Å². The lowest BCUT2D eigenvalue weighted by molar-refractivity contribution is -0.115. The van der Waals surface area contributed by atoms with Gasteiger partial charge in [0.1, 0.15) is 5.52 Å². The van der Waals surface area contributed by atoms with Gasteiger partial charge in [0.15, 0.2) is 10.8 Å². The van der Waals surface area contributed by atoms with Crippen molar-refractivity contribution in [3.8, 4) is 0 Å². The SMILES string of the molecule is CNC(=O)C=Cc1c(NS(=O)(=O)c2ccc[nH]2)cc2c(ncn2C)c1F. The Balaban J connectivity index is 2.17. The molecule has 0 radical (unpaired) electrons. The second-order valence-corrected chi connectivity index (χ2v) is 7.11. The number of H-pyrrole nitrogens is 1. The molecule has 2 heterocycles. The third-order valence-corrected chi connectivity index (χ3v) is 5.07. The lowest BCUT2D eigenvalue weighted by atomic mass is 10.1. The predicted octanol–water partition coefficient (Wildman–Crippen LogP) is 1.60. The Morgan fingerprint density at radius 2 is 2.19 bits per heavy atom. The molecular formula is C16H16FN5O3S. The van der Waals surface area contributed by atoms with Crippen molar-refractivity contribution in [1.29, 1.82) is 0 Å². The quantitative estimate of drug-likeness (QED) is 0.587. The fourth-order valence-electron chi connectivity index (χ4n) is 2.41. The number of fused-ring (bicyclic) bond motifs is 1. The highest BCUT2D eigenvalue weighted by Gasteiger charge is 2.21. The highest BCUT2D eigenvalue weighted by atomic mass is 32.2. The van der Waals surface area contributed by atoms with Gasteiger partial charge in [0.25, 0.3) is 10.0 Å². The summed E-state index contributed by atoms with van der Waals surface area (Å²) in [6, 6.07) is 4.38. The number of likely N-dealkylation sites (N-methyl/N-ethyl adjacent to an activating group) is 1. The largest absolute Gasteiger partial charge is 0.356 e. The fraction of sp³-hybridized carbons (Fsp3) is 0.125. The summed E-state index contributed by atoms with van der Waals surface area (Å²) in [5, 5.41) is 2.31. The van der Waals surface area contributed by atoms with Gasteiger partial charge in [-0.15, -0.1) is 0 Å². The maximum absolute atomic E-state index is 14.9. The predicted molar refractivity (Wildman–Crippen MR) is 95.4 cm³/mol. The van der Waals surface area contributed by atoms with Crippen LogP contribution in [0, 0.1) is 5.82 Å². The molecule has 0 aliphatic carbocycles. The summed E-state index contributed by atoms with van der Waals surface area (Å²) < 4.78 is 43.8. The monoisotopic (exact) mass is 377 g/mol. The van der Waals surface area contributed by atoms with Gasteiger partial charge in [-0.3, -0.25) is 9.52 Å². The van der Waals surface area contributed by atoms with Crippen LogP contribution in [0.25, 0.3) is 17.1 Å². The molecule has 0 unspecified atom stereocenters. The van der Waals surface area contributed by atoms with Crippen molar-refractivity contribution < 1.29 is 17.6 Å². The molecule has 3 rings (SSSR count). The molecular weight excluding hydrogens is 361 g/mol. The first-order chi connectivity index (χ1) is 12.3. The number of sulfonamides is 1. The van der Waals surface area contributed by atoms with Gasteiger partial charge in [-0.05, 0) is 24.3 Å². The third kappa shape index (κ3) is 3.18. The number of carbonyl (C=O) groups is 1. The molecule has 0 atom stereocenters. The van der Waals surface area contributed by atoms with Crippen molar-refractivity contribution in [2.45, 2.75) is 5.03 Å². The number of anilines is 1. The van der Waals surface area contributed by atoms with Gasteiger partial charge in [-0.25, -0.2) is 9.37 Å². The average Bonchev–Trinajstić information content (AvgIpc) is 3.25. The molecule has 1 amide bonds. The zero-order chi connectivity index (χ0) is 18.9. The Morgan fingerprint density at radius 1 is 1.42 bits per heavy atom. The molecule has 3 N–H and O–H groups in total. The number of imidazole rings is 1. The van der Waals surface area contributed by atoms with Crippen LogP contribution in [0.15, 0.2) is 41.8 Å². The van der Waals surface area contributed by atoms with E-state index in [1.165, 1.54) is 43.8 Å². The minimum atomic E-state index is -3.95. The molecule has 0 spiro atoms. The minimum Gasteiger partial charge on any atom is -0.356 e. The molecule has 0 bridgehead atoms. The summed E-state index contributed by atoms with van der Waals surface area (Å²) in [6.45, 7) is 0. The van der Waals surface area contributed by atoms with Crippen LogP contribution in [0.4, 0.5) is 10.1 Å². The average molecular weight is 377 g/mol. The Hall–Kier alpha value is -3.14. The van der Waals surface area contributed by atoms with Crippen LogP contribution in [-0.4, -0.2) is 35.9 Å². The number of rotatable bonds is 5. The molecule has 0 saturated heterocycles. The molecule has 26 heavy (non-hydrogen) atoms. The number of hydrogen-bond donors (Lipinski definition) is 3. The topological polar surface area (TPSA) is 109 Å². The first kappa shape index (κ1) is 17.7. The van der Waals surface area contributed by atoms with Crippen LogP contribution < -0.4 is 10.0 Å². The van der Waals surface area contributed by atoms with E-state index in [0.29, 0.717) is 5.52 Å². The highest BCUT2D eigenvalue weighted by Crippen LogP contribution is 2.30. The van der Waals surface area contributed by atoms with E-state index >= 15 is 0 Å². The molecule has 136 valence electrons. The Bertz CT molecular complexity index is 1100. The summed E-state index contributed by atoms with van der Waals surface area (Å²) >= 11 is 0. The maximum atomic E-state index is 14.9. The van der Waals surface area contributed by atoms with Crippen LogP contribution in [0.5, 0.6) is 0 Å². The van der Waals surface area contributed by atoms with Gasteiger partial charge in [-0.2, -0.15) is 8.42 Å². The lowest BCUT2D eigenvalue weighted by Crippen LogP contribution is -2.15. The summed E-state index contributed by atoms with van der Waals surface area (Å²) in [4.78, 5) is 18.0. The zero-order valence-electron chi connectivity index (χ0n) is 13.9. The smallest absolute Gasteiger partial charge is 0.277 e. The molecule has 1 aromatic carbocycles. The first-order valence-electron chi connectivity index (χ1n) is 7.53. The number of aromatic amines is 1. The first-order valence-corrected chi connectivity index (χ1v) is 9.01. The molecule has 8 nitrogen and oxygen atoms in total. The van der Waals surface area contributed by atoms with E-state index < -0.39 is 21.7 Å². The number of carbonyl (C=O) groups excluding carboxylic acids is 1. The summed E-state index contributed by atoms with van der Waals surface area (Å²) in [7, 11) is -0.859. The minimum absolute atomic E-state index is 0.00615. The van der Waals surface area contributed by atoms with Crippen LogP contribution in [0.2, 0.25) is 0 Å². The Kier molecular flexibility index (Phi) is 4.51. The standard InChI is InChI=1S/C16H16FN5O3S/c1-18-13(23)6-5-10-11(21-26(24,25)14-4-3-7-19-14)8-12-16(15(10)17)20-9-22(12)2/h3-9,19,21H,1-2H3,(H,18,23). The molecule has 0 fully saturated rings. The van der Waals surface area contributed by atoms with Gasteiger partial charge in [0.2, 0.25) is 5.91 Å². The van der Waals surface area contributed by atoms with Crippen molar-refractivity contribution in [3.63, 3.8) is 0 Å². The van der Waals surface area contributed by atoms with Crippen LogP contribution >= 0.6 is 0 Å². The number of amides is 1. The van der Waals surface area contributed by atoms with Crippen molar-refractivity contribution >= 4 is 38.7 Å². The van der Waals surface area contributed by atoms with Gasteiger partial charge >= 0.3 is 0 Å². The number of benzene rings is 1. The number of nitrogens with one attached hydrogen (secondary N) is 3. The second kappa shape index (κ2) is 6.64. The zero-order valence-corrected chi connectivity index (χ0v) is 14.8. The van der Waals surface area contributed by atoms with Crippen LogP contribution in [0.1, 0.15) is 5.56 Å².